The van der Waals surface area contributed by atoms with Crippen molar-refractivity contribution in [3.63, 3.8) is 0 Å². The highest BCUT2D eigenvalue weighted by Gasteiger charge is 2.21. The number of ether oxygens (including phenoxy) is 1. The predicted octanol–water partition coefficient (Wildman–Crippen LogP) is 3.98. The summed E-state index contributed by atoms with van der Waals surface area (Å²) in [4.78, 5) is 11.8. The second-order valence-corrected chi connectivity index (χ2v) is 6.74. The Bertz CT molecular complexity index is 419. The fourth-order valence-corrected chi connectivity index (χ4v) is 1.42. The van der Waals surface area contributed by atoms with E-state index in [0.29, 0.717) is 0 Å². The van der Waals surface area contributed by atoms with Gasteiger partial charge in [0.2, 0.25) is 0 Å². The molecule has 2 heteroatoms. The van der Waals surface area contributed by atoms with Gasteiger partial charge in [0.05, 0.1) is 0 Å². The monoisotopic (exact) mass is 248 g/mol. The molecule has 0 N–H and O–H groups in total. The quantitative estimate of drug-likeness (QED) is 0.808. The van der Waals surface area contributed by atoms with Crippen molar-refractivity contribution in [1.29, 1.82) is 0 Å². The van der Waals surface area contributed by atoms with Gasteiger partial charge in [0, 0.05) is 5.41 Å². The molecule has 0 aliphatic heterocycles. The van der Waals surface area contributed by atoms with Crippen molar-refractivity contribution >= 4 is 5.78 Å². The van der Waals surface area contributed by atoms with Crippen molar-refractivity contribution < 1.29 is 9.53 Å². The molecule has 100 valence electrons. The van der Waals surface area contributed by atoms with Gasteiger partial charge in [-0.25, -0.2) is 0 Å². The Labute approximate surface area is 110 Å². The zero-order valence-corrected chi connectivity index (χ0v) is 12.3. The van der Waals surface area contributed by atoms with Crippen LogP contribution < -0.4 is 4.74 Å². The fraction of sp³-hybridized carbons (Fsp3) is 0.562. The van der Waals surface area contributed by atoms with E-state index in [1.54, 1.807) is 0 Å². The third-order valence-corrected chi connectivity index (χ3v) is 2.91. The highest BCUT2D eigenvalue weighted by atomic mass is 16.5. The SMILES string of the molecule is CC(C)(C)C(=O)COc1cccc(C(C)(C)C)c1. The molecule has 0 aliphatic carbocycles. The average molecular weight is 248 g/mol. The fourth-order valence-electron chi connectivity index (χ4n) is 1.42. The summed E-state index contributed by atoms with van der Waals surface area (Å²) >= 11 is 0. The van der Waals surface area contributed by atoms with Crippen LogP contribution in [0.25, 0.3) is 0 Å². The van der Waals surface area contributed by atoms with Crippen LogP contribution in [0.1, 0.15) is 47.1 Å². The highest BCUT2D eigenvalue weighted by Crippen LogP contribution is 2.26. The minimum atomic E-state index is -0.346. The van der Waals surface area contributed by atoms with Gasteiger partial charge in [-0.1, -0.05) is 53.7 Å². The van der Waals surface area contributed by atoms with Gasteiger partial charge >= 0.3 is 0 Å². The van der Waals surface area contributed by atoms with Gasteiger partial charge in [0.1, 0.15) is 12.4 Å². The molecule has 0 aliphatic rings. The van der Waals surface area contributed by atoms with Gasteiger partial charge in [-0.05, 0) is 23.1 Å². The molecule has 0 saturated carbocycles. The van der Waals surface area contributed by atoms with Crippen LogP contribution in [0.5, 0.6) is 5.75 Å². The van der Waals surface area contributed by atoms with Crippen LogP contribution in [0.15, 0.2) is 24.3 Å². The Kier molecular flexibility index (Phi) is 4.20. The Morgan fingerprint density at radius 3 is 2.22 bits per heavy atom. The van der Waals surface area contributed by atoms with E-state index in [1.165, 1.54) is 5.56 Å². The summed E-state index contributed by atoms with van der Waals surface area (Å²) in [6.07, 6.45) is 0. The molecule has 0 spiro atoms. The van der Waals surface area contributed by atoms with E-state index in [1.807, 2.05) is 39.0 Å². The van der Waals surface area contributed by atoms with Crippen LogP contribution in [-0.4, -0.2) is 12.4 Å². The topological polar surface area (TPSA) is 26.3 Å². The third kappa shape index (κ3) is 4.17. The van der Waals surface area contributed by atoms with Gasteiger partial charge in [-0.2, -0.15) is 0 Å². The number of benzene rings is 1. The van der Waals surface area contributed by atoms with Crippen LogP contribution >= 0.6 is 0 Å². The average Bonchev–Trinajstić information content (AvgIpc) is 2.23. The van der Waals surface area contributed by atoms with Gasteiger partial charge in [0.25, 0.3) is 0 Å². The van der Waals surface area contributed by atoms with Crippen LogP contribution in [0.3, 0.4) is 0 Å². The van der Waals surface area contributed by atoms with Crippen LogP contribution in [0.2, 0.25) is 0 Å². The molecule has 0 unspecified atom stereocenters. The zero-order chi connectivity index (χ0) is 14.0. The Morgan fingerprint density at radius 1 is 1.11 bits per heavy atom. The van der Waals surface area contributed by atoms with E-state index in [2.05, 4.69) is 26.8 Å². The van der Waals surface area contributed by atoms with E-state index < -0.39 is 0 Å². The van der Waals surface area contributed by atoms with Crippen molar-refractivity contribution in [1.82, 2.24) is 0 Å². The van der Waals surface area contributed by atoms with Gasteiger partial charge in [-0.15, -0.1) is 0 Å². The largest absolute Gasteiger partial charge is 0.486 e. The first-order valence-electron chi connectivity index (χ1n) is 6.37. The summed E-state index contributed by atoms with van der Waals surface area (Å²) in [5.74, 6) is 0.878. The van der Waals surface area contributed by atoms with E-state index in [9.17, 15) is 4.79 Å². The molecule has 0 amide bonds. The van der Waals surface area contributed by atoms with Crippen LogP contribution in [0, 0.1) is 5.41 Å². The molecule has 0 heterocycles. The van der Waals surface area contributed by atoms with Crippen molar-refractivity contribution in [2.24, 2.45) is 5.41 Å². The number of ketones is 1. The van der Waals surface area contributed by atoms with Crippen LogP contribution in [-0.2, 0) is 10.2 Å². The van der Waals surface area contributed by atoms with E-state index in [-0.39, 0.29) is 23.2 Å². The summed E-state index contributed by atoms with van der Waals surface area (Å²) in [6.45, 7) is 12.3. The first kappa shape index (κ1) is 14.7. The smallest absolute Gasteiger partial charge is 0.175 e. The van der Waals surface area contributed by atoms with Gasteiger partial charge in [-0.3, -0.25) is 4.79 Å². The first-order chi connectivity index (χ1) is 8.10. The Balaban J connectivity index is 2.73. The summed E-state index contributed by atoms with van der Waals surface area (Å²) in [5.41, 5.74) is 0.956. The lowest BCUT2D eigenvalue weighted by Crippen LogP contribution is -2.26. The molecule has 1 aromatic carbocycles. The van der Waals surface area contributed by atoms with E-state index in [0.717, 1.165) is 5.75 Å². The zero-order valence-electron chi connectivity index (χ0n) is 12.3. The Hall–Kier alpha value is -1.31. The predicted molar refractivity (Wildman–Crippen MR) is 75.1 cm³/mol. The lowest BCUT2D eigenvalue weighted by Gasteiger charge is -2.20. The number of hydrogen-bond donors (Lipinski definition) is 0. The molecule has 0 fully saturated rings. The first-order valence-corrected chi connectivity index (χ1v) is 6.37. The molecule has 0 atom stereocenters. The third-order valence-electron chi connectivity index (χ3n) is 2.91. The highest BCUT2D eigenvalue weighted by molar-refractivity contribution is 5.85. The van der Waals surface area contributed by atoms with Gasteiger partial charge in [0.15, 0.2) is 5.78 Å². The maximum atomic E-state index is 11.8. The normalized spacial score (nSPS) is 12.3. The number of Topliss-reactive ketones (excluding diaryl/α,β-unsaturated/α-hetero) is 1. The van der Waals surface area contributed by atoms with E-state index >= 15 is 0 Å². The maximum Gasteiger partial charge on any atom is 0.175 e. The second kappa shape index (κ2) is 5.13. The molecule has 1 aromatic rings. The van der Waals surface area contributed by atoms with Crippen molar-refractivity contribution in [3.8, 4) is 5.75 Å². The minimum Gasteiger partial charge on any atom is -0.486 e. The van der Waals surface area contributed by atoms with Crippen LogP contribution in [0.4, 0.5) is 0 Å². The molecule has 0 radical (unpaired) electrons. The molecule has 0 bridgehead atoms. The van der Waals surface area contributed by atoms with Gasteiger partial charge < -0.3 is 4.74 Å². The second-order valence-electron chi connectivity index (χ2n) is 6.74. The number of carbonyl (C=O) groups is 1. The Morgan fingerprint density at radius 2 is 1.72 bits per heavy atom. The molecule has 2 nitrogen and oxygen atoms in total. The molecule has 1 rings (SSSR count). The van der Waals surface area contributed by atoms with E-state index in [4.69, 9.17) is 4.74 Å². The molecule has 18 heavy (non-hydrogen) atoms. The molecule has 0 aromatic heterocycles. The van der Waals surface area contributed by atoms with Crippen molar-refractivity contribution in [2.45, 2.75) is 47.0 Å². The maximum absolute atomic E-state index is 11.8. The molecular weight excluding hydrogens is 224 g/mol. The lowest BCUT2D eigenvalue weighted by atomic mass is 9.87. The van der Waals surface area contributed by atoms with Crippen molar-refractivity contribution in [2.75, 3.05) is 6.61 Å². The standard InChI is InChI=1S/C16H24O2/c1-15(2,3)12-8-7-9-13(10-12)18-11-14(17)16(4,5)6/h7-10H,11H2,1-6H3. The molecule has 0 saturated heterocycles. The molecular formula is C16H24O2. The minimum absolute atomic E-state index is 0.0907. The summed E-state index contributed by atoms with van der Waals surface area (Å²) < 4.78 is 5.58. The summed E-state index contributed by atoms with van der Waals surface area (Å²) in [6, 6.07) is 7.96. The lowest BCUT2D eigenvalue weighted by molar-refractivity contribution is -0.128. The number of carbonyl (C=O) groups excluding carboxylic acids is 1. The van der Waals surface area contributed by atoms with Crippen molar-refractivity contribution in [3.05, 3.63) is 29.8 Å². The number of hydrogen-bond acceptors (Lipinski definition) is 2. The summed E-state index contributed by atoms with van der Waals surface area (Å²) in [7, 11) is 0. The number of rotatable bonds is 3. The summed E-state index contributed by atoms with van der Waals surface area (Å²) in [5, 5.41) is 0.